The number of furan rings is 1. The Morgan fingerprint density at radius 1 is 1.50 bits per heavy atom. The van der Waals surface area contributed by atoms with Crippen LogP contribution in [-0.2, 0) is 17.8 Å². The van der Waals surface area contributed by atoms with Crippen LogP contribution in [0.1, 0.15) is 27.6 Å². The third kappa shape index (κ3) is 3.21. The summed E-state index contributed by atoms with van der Waals surface area (Å²) in [6.45, 7) is 2.34. The molecule has 20 heavy (non-hydrogen) atoms. The van der Waals surface area contributed by atoms with Crippen LogP contribution in [0.4, 0.5) is 4.39 Å². The lowest BCUT2D eigenvalue weighted by Crippen LogP contribution is -2.14. The van der Waals surface area contributed by atoms with E-state index in [1.807, 2.05) is 0 Å². The fraction of sp³-hybridized carbons (Fsp3) is 0.286. The van der Waals surface area contributed by atoms with Gasteiger partial charge in [-0.3, -0.25) is 4.98 Å². The Kier molecular flexibility index (Phi) is 4.47. The summed E-state index contributed by atoms with van der Waals surface area (Å²) in [5.41, 5.74) is 0.734. The van der Waals surface area contributed by atoms with Crippen LogP contribution in [-0.4, -0.2) is 18.1 Å². The third-order valence-corrected chi connectivity index (χ3v) is 2.80. The van der Waals surface area contributed by atoms with Crippen LogP contribution in [0.25, 0.3) is 0 Å². The summed E-state index contributed by atoms with van der Waals surface area (Å²) in [6, 6.07) is 4.51. The van der Waals surface area contributed by atoms with Gasteiger partial charge in [0.1, 0.15) is 22.9 Å². The minimum atomic E-state index is -0.437. The van der Waals surface area contributed by atoms with Crippen molar-refractivity contribution in [1.29, 1.82) is 0 Å². The molecule has 0 unspecified atom stereocenters. The second-order valence-corrected chi connectivity index (χ2v) is 4.21. The lowest BCUT2D eigenvalue weighted by molar-refractivity contribution is 0.0599. The molecule has 0 saturated heterocycles. The first-order chi connectivity index (χ1) is 9.61. The van der Waals surface area contributed by atoms with Crippen LogP contribution in [0, 0.1) is 12.7 Å². The van der Waals surface area contributed by atoms with E-state index in [9.17, 15) is 9.18 Å². The van der Waals surface area contributed by atoms with Crippen LogP contribution < -0.4 is 5.32 Å². The molecule has 2 rings (SSSR count). The number of carbonyl (C=O) groups excluding carboxylic acids is 1. The minimum Gasteiger partial charge on any atom is -0.465 e. The number of pyridine rings is 1. The highest BCUT2D eigenvalue weighted by atomic mass is 19.1. The Morgan fingerprint density at radius 2 is 2.30 bits per heavy atom. The molecule has 106 valence electrons. The van der Waals surface area contributed by atoms with Crippen LogP contribution in [0.2, 0.25) is 0 Å². The number of ether oxygens (including phenoxy) is 1. The summed E-state index contributed by atoms with van der Waals surface area (Å²) in [7, 11) is 1.32. The molecule has 2 aromatic rings. The van der Waals surface area contributed by atoms with E-state index in [1.165, 1.54) is 25.4 Å². The van der Waals surface area contributed by atoms with E-state index in [1.54, 1.807) is 13.0 Å². The number of carbonyl (C=O) groups is 1. The number of esters is 1. The molecule has 1 N–H and O–H groups in total. The van der Waals surface area contributed by atoms with Crippen molar-refractivity contribution in [3.8, 4) is 0 Å². The van der Waals surface area contributed by atoms with Crippen molar-refractivity contribution in [3.05, 3.63) is 53.0 Å². The molecule has 2 heterocycles. The summed E-state index contributed by atoms with van der Waals surface area (Å²) in [5, 5.41) is 3.01. The zero-order valence-electron chi connectivity index (χ0n) is 11.3. The van der Waals surface area contributed by atoms with Crippen molar-refractivity contribution in [2.75, 3.05) is 7.11 Å². The third-order valence-electron chi connectivity index (χ3n) is 2.80. The van der Waals surface area contributed by atoms with E-state index in [2.05, 4.69) is 15.0 Å². The van der Waals surface area contributed by atoms with Gasteiger partial charge in [0.05, 0.1) is 19.3 Å². The van der Waals surface area contributed by atoms with E-state index < -0.39 is 5.97 Å². The van der Waals surface area contributed by atoms with Gasteiger partial charge in [0, 0.05) is 12.7 Å². The van der Waals surface area contributed by atoms with Crippen LogP contribution in [0.3, 0.4) is 0 Å². The molecular formula is C14H15FN2O3. The van der Waals surface area contributed by atoms with Crippen molar-refractivity contribution in [1.82, 2.24) is 10.3 Å². The Balaban J connectivity index is 1.95. The average molecular weight is 278 g/mol. The summed E-state index contributed by atoms with van der Waals surface area (Å²) >= 11 is 0. The minimum absolute atomic E-state index is 0.278. The maximum Gasteiger partial charge on any atom is 0.341 e. The van der Waals surface area contributed by atoms with Gasteiger partial charge < -0.3 is 14.5 Å². The highest BCUT2D eigenvalue weighted by Crippen LogP contribution is 2.15. The molecule has 0 aliphatic carbocycles. The fourth-order valence-electron chi connectivity index (χ4n) is 1.80. The van der Waals surface area contributed by atoms with Gasteiger partial charge in [0.25, 0.3) is 0 Å². The number of hydrogen-bond donors (Lipinski definition) is 1. The number of hydrogen-bond acceptors (Lipinski definition) is 5. The predicted molar refractivity (Wildman–Crippen MR) is 69.5 cm³/mol. The predicted octanol–water partition coefficient (Wildman–Crippen LogP) is 2.20. The van der Waals surface area contributed by atoms with E-state index in [0.717, 1.165) is 0 Å². The summed E-state index contributed by atoms with van der Waals surface area (Å²) in [4.78, 5) is 15.4. The quantitative estimate of drug-likeness (QED) is 0.849. The van der Waals surface area contributed by atoms with Crippen LogP contribution in [0.5, 0.6) is 0 Å². The van der Waals surface area contributed by atoms with Crippen molar-refractivity contribution in [2.24, 2.45) is 0 Å². The molecule has 0 atom stereocenters. The maximum absolute atomic E-state index is 13.3. The highest BCUT2D eigenvalue weighted by molar-refractivity contribution is 5.90. The van der Waals surface area contributed by atoms with Crippen LogP contribution in [0.15, 0.2) is 28.8 Å². The van der Waals surface area contributed by atoms with Gasteiger partial charge in [0.2, 0.25) is 0 Å². The normalized spacial score (nSPS) is 10.6. The average Bonchev–Trinajstić information content (AvgIpc) is 2.81. The van der Waals surface area contributed by atoms with Gasteiger partial charge in [-0.1, -0.05) is 0 Å². The molecule has 0 aliphatic heterocycles. The number of methoxy groups -OCH3 is 1. The number of nitrogens with one attached hydrogen (secondary N) is 1. The van der Waals surface area contributed by atoms with E-state index >= 15 is 0 Å². The molecule has 2 aromatic heterocycles. The first-order valence-corrected chi connectivity index (χ1v) is 6.09. The second-order valence-electron chi connectivity index (χ2n) is 4.21. The lowest BCUT2D eigenvalue weighted by atomic mass is 10.2. The molecule has 0 aromatic carbocycles. The van der Waals surface area contributed by atoms with E-state index in [-0.39, 0.29) is 12.4 Å². The number of nitrogens with zero attached hydrogens (tertiary/aromatic N) is 1. The maximum atomic E-state index is 13.3. The molecule has 0 radical (unpaired) electrons. The van der Waals surface area contributed by atoms with Crippen molar-refractivity contribution < 1.29 is 18.3 Å². The Bertz CT molecular complexity index is 610. The van der Waals surface area contributed by atoms with Gasteiger partial charge in [-0.05, 0) is 25.1 Å². The lowest BCUT2D eigenvalue weighted by Gasteiger charge is -2.02. The molecule has 5 nitrogen and oxygen atoms in total. The van der Waals surface area contributed by atoms with Gasteiger partial charge >= 0.3 is 5.97 Å². The number of rotatable bonds is 5. The number of halogens is 1. The zero-order valence-corrected chi connectivity index (χ0v) is 11.3. The molecule has 6 heteroatoms. The Labute approximate surface area is 115 Å². The molecule has 0 spiro atoms. The van der Waals surface area contributed by atoms with Crippen molar-refractivity contribution >= 4 is 5.97 Å². The van der Waals surface area contributed by atoms with Gasteiger partial charge in [-0.25, -0.2) is 9.18 Å². The first-order valence-electron chi connectivity index (χ1n) is 6.09. The summed E-state index contributed by atoms with van der Waals surface area (Å²) in [5.74, 6) is 0.288. The highest BCUT2D eigenvalue weighted by Gasteiger charge is 2.15. The Hall–Kier alpha value is -2.21. The molecule has 0 aliphatic rings. The standard InChI is InChI=1S/C14H15FN2O3/c1-9-11(14(18)19-2)6-10(20-9)7-16-8-13-12(15)4-3-5-17-13/h3-6,16H,7-8H2,1-2H3. The first kappa shape index (κ1) is 14.2. The summed E-state index contributed by atoms with van der Waals surface area (Å²) in [6.07, 6.45) is 1.53. The SMILES string of the molecule is COC(=O)c1cc(CNCc2ncccc2F)oc1C. The molecular weight excluding hydrogens is 263 g/mol. The largest absolute Gasteiger partial charge is 0.465 e. The number of aromatic nitrogens is 1. The molecule has 0 fully saturated rings. The monoisotopic (exact) mass is 278 g/mol. The van der Waals surface area contributed by atoms with Crippen molar-refractivity contribution in [2.45, 2.75) is 20.0 Å². The number of aryl methyl sites for hydroxylation is 1. The molecule has 0 amide bonds. The van der Waals surface area contributed by atoms with E-state index in [4.69, 9.17) is 4.42 Å². The smallest absolute Gasteiger partial charge is 0.341 e. The summed E-state index contributed by atoms with van der Waals surface area (Å²) < 4.78 is 23.4. The van der Waals surface area contributed by atoms with Gasteiger partial charge in [0.15, 0.2) is 0 Å². The fourth-order valence-corrected chi connectivity index (χ4v) is 1.80. The topological polar surface area (TPSA) is 64.4 Å². The van der Waals surface area contributed by atoms with E-state index in [0.29, 0.717) is 29.3 Å². The van der Waals surface area contributed by atoms with Crippen molar-refractivity contribution in [3.63, 3.8) is 0 Å². The molecule has 0 bridgehead atoms. The Morgan fingerprint density at radius 3 is 3.00 bits per heavy atom. The van der Waals surface area contributed by atoms with Crippen LogP contribution >= 0.6 is 0 Å². The van der Waals surface area contributed by atoms with Gasteiger partial charge in [-0.2, -0.15) is 0 Å². The van der Waals surface area contributed by atoms with Gasteiger partial charge in [-0.15, -0.1) is 0 Å². The zero-order chi connectivity index (χ0) is 14.5. The second kappa shape index (κ2) is 6.29. The molecule has 0 saturated carbocycles.